The fourth-order valence-corrected chi connectivity index (χ4v) is 8.24. The molecule has 2 saturated heterocycles. The van der Waals surface area contributed by atoms with Crippen molar-refractivity contribution in [2.45, 2.75) is 71.1 Å². The average Bonchev–Trinajstić information content (AvgIpc) is 4.10. The Morgan fingerprint density at radius 1 is 0.717 bits per heavy atom. The minimum atomic E-state index is -0.809. The van der Waals surface area contributed by atoms with Gasteiger partial charge in [0.1, 0.15) is 23.7 Å². The predicted molar refractivity (Wildman–Crippen MR) is 225 cm³/mol. The largest absolute Gasteiger partial charge is 0.453 e. The summed E-state index contributed by atoms with van der Waals surface area (Å²) in [6, 6.07) is 20.9. The number of hydrogen-bond donors (Lipinski definition) is 4. The number of ether oxygens (including phenoxy) is 2. The molecule has 4 amide bonds. The molecule has 5 aromatic rings. The molecule has 312 valence electrons. The third-order valence-electron chi connectivity index (χ3n) is 11.6. The van der Waals surface area contributed by atoms with Crippen molar-refractivity contribution in [3.05, 3.63) is 84.7 Å². The van der Waals surface area contributed by atoms with Gasteiger partial charge in [-0.05, 0) is 70.7 Å². The lowest BCUT2D eigenvalue weighted by Gasteiger charge is -2.30. The van der Waals surface area contributed by atoms with Crippen molar-refractivity contribution in [2.75, 3.05) is 27.3 Å². The third-order valence-corrected chi connectivity index (χ3v) is 11.6. The topological polar surface area (TPSA) is 198 Å². The van der Waals surface area contributed by atoms with Crippen LogP contribution in [0.3, 0.4) is 0 Å². The van der Waals surface area contributed by atoms with Crippen LogP contribution in [0.5, 0.6) is 0 Å². The van der Waals surface area contributed by atoms with E-state index in [0.717, 1.165) is 57.3 Å². The van der Waals surface area contributed by atoms with Gasteiger partial charge < -0.3 is 39.9 Å². The molecule has 4 heterocycles. The highest BCUT2D eigenvalue weighted by molar-refractivity contribution is 5.91. The summed E-state index contributed by atoms with van der Waals surface area (Å²) in [4.78, 5) is 71.0. The second kappa shape index (κ2) is 17.7. The summed E-state index contributed by atoms with van der Waals surface area (Å²) in [5.41, 5.74) is 5.66. The second-order valence-corrected chi connectivity index (χ2v) is 16.2. The fraction of sp³-hybridized carbons (Fsp3) is 0.400. The van der Waals surface area contributed by atoms with Crippen LogP contribution in [0.1, 0.15) is 70.7 Å². The van der Waals surface area contributed by atoms with Gasteiger partial charge in [0, 0.05) is 18.7 Å². The first-order valence-electron chi connectivity index (χ1n) is 20.3. The molecule has 2 aliphatic rings. The van der Waals surface area contributed by atoms with Gasteiger partial charge in [-0.15, -0.1) is 0 Å². The Labute approximate surface area is 348 Å². The molecule has 5 atom stereocenters. The van der Waals surface area contributed by atoms with Gasteiger partial charge in [0.2, 0.25) is 11.8 Å². The Morgan fingerprint density at radius 2 is 1.22 bits per heavy atom. The summed E-state index contributed by atoms with van der Waals surface area (Å²) in [5, 5.41) is 17.2. The van der Waals surface area contributed by atoms with Crippen LogP contribution in [0.2, 0.25) is 0 Å². The van der Waals surface area contributed by atoms with Gasteiger partial charge in [-0.2, -0.15) is 5.26 Å². The van der Waals surface area contributed by atoms with Crippen molar-refractivity contribution < 1.29 is 28.7 Å². The van der Waals surface area contributed by atoms with E-state index < -0.39 is 30.3 Å². The number of nitrogens with one attached hydrogen (secondary N) is 4. The molecular formula is C45H51N9O6. The number of nitriles is 1. The minimum absolute atomic E-state index is 0.112. The van der Waals surface area contributed by atoms with E-state index in [4.69, 9.17) is 9.47 Å². The maximum absolute atomic E-state index is 13.7. The first-order chi connectivity index (χ1) is 28.9. The van der Waals surface area contributed by atoms with Gasteiger partial charge in [-0.1, -0.05) is 76.2 Å². The number of carbonyl (C=O) groups is 4. The van der Waals surface area contributed by atoms with Crippen LogP contribution in [0.4, 0.5) is 9.59 Å². The van der Waals surface area contributed by atoms with E-state index >= 15 is 0 Å². The Hall–Kier alpha value is -6.69. The second-order valence-electron chi connectivity index (χ2n) is 16.2. The van der Waals surface area contributed by atoms with Crippen LogP contribution in [0.15, 0.2) is 73.1 Å². The van der Waals surface area contributed by atoms with Gasteiger partial charge in [-0.25, -0.2) is 19.6 Å². The van der Waals surface area contributed by atoms with Crippen molar-refractivity contribution >= 4 is 34.8 Å². The highest BCUT2D eigenvalue weighted by Gasteiger charge is 2.42. The highest BCUT2D eigenvalue weighted by Crippen LogP contribution is 2.37. The summed E-state index contributed by atoms with van der Waals surface area (Å²) in [6.45, 7) is 8.33. The number of likely N-dealkylation sites (tertiary alicyclic amines) is 2. The van der Waals surface area contributed by atoms with Crippen molar-refractivity contribution in [1.82, 2.24) is 40.4 Å². The smallest absolute Gasteiger partial charge is 0.407 e. The van der Waals surface area contributed by atoms with Crippen molar-refractivity contribution in [3.8, 4) is 39.7 Å². The van der Waals surface area contributed by atoms with Crippen molar-refractivity contribution in [2.24, 2.45) is 17.8 Å². The van der Waals surface area contributed by atoms with E-state index in [9.17, 15) is 24.4 Å². The molecule has 0 radical (unpaired) electrons. The number of methoxy groups -OCH3 is 2. The molecule has 2 aromatic heterocycles. The van der Waals surface area contributed by atoms with E-state index in [1.54, 1.807) is 22.2 Å². The summed E-state index contributed by atoms with van der Waals surface area (Å²) in [5.74, 6) is 0.201. The SMILES string of the molecule is COC(=O)NC(C(=O)N1CCC[C@H]1c1ncc(-c2ccc(-c3ccc4cc(-c5cnc([C@@H]6C[C@H](C#N)CN6C(=O)[C@@H](NC(=O)OC)C(C)C)[nH]5)ccc4c3)cc2)[nH]1)C(C)C. The first kappa shape index (κ1) is 41.5. The predicted octanol–water partition coefficient (Wildman–Crippen LogP) is 7.12. The van der Waals surface area contributed by atoms with Crippen LogP contribution in [0, 0.1) is 29.1 Å². The Morgan fingerprint density at radius 3 is 1.78 bits per heavy atom. The average molecular weight is 814 g/mol. The monoisotopic (exact) mass is 813 g/mol. The number of alkyl carbamates (subject to hydrolysis) is 2. The van der Waals surface area contributed by atoms with E-state index in [1.807, 2.05) is 33.8 Å². The molecule has 0 saturated carbocycles. The van der Waals surface area contributed by atoms with Gasteiger partial charge in [0.25, 0.3) is 0 Å². The molecule has 15 heteroatoms. The van der Waals surface area contributed by atoms with Crippen LogP contribution >= 0.6 is 0 Å². The van der Waals surface area contributed by atoms with Crippen LogP contribution < -0.4 is 10.6 Å². The third kappa shape index (κ3) is 8.54. The molecule has 2 aliphatic heterocycles. The number of amides is 4. The number of hydrogen-bond acceptors (Lipinski definition) is 9. The Bertz CT molecular complexity index is 2410. The normalized spacial score (nSPS) is 18.7. The van der Waals surface area contributed by atoms with Crippen LogP contribution in [-0.4, -0.2) is 93.1 Å². The number of nitrogens with zero attached hydrogens (tertiary/aromatic N) is 5. The summed E-state index contributed by atoms with van der Waals surface area (Å²) in [6.07, 6.45) is 4.28. The number of rotatable bonds is 11. The van der Waals surface area contributed by atoms with E-state index in [1.165, 1.54) is 14.2 Å². The molecule has 3 aromatic carbocycles. The zero-order valence-electron chi connectivity index (χ0n) is 34.7. The van der Waals surface area contributed by atoms with E-state index in [0.29, 0.717) is 24.6 Å². The molecule has 4 N–H and O–H groups in total. The highest BCUT2D eigenvalue weighted by atomic mass is 16.5. The lowest BCUT2D eigenvalue weighted by atomic mass is 9.98. The Balaban J connectivity index is 1.04. The van der Waals surface area contributed by atoms with Gasteiger partial charge in [0.05, 0.1) is 62.1 Å². The molecule has 1 unspecified atom stereocenters. The molecule has 60 heavy (non-hydrogen) atoms. The zero-order valence-corrected chi connectivity index (χ0v) is 34.7. The number of imidazole rings is 2. The Kier molecular flexibility index (Phi) is 12.2. The lowest BCUT2D eigenvalue weighted by Crippen LogP contribution is -2.51. The molecule has 0 bridgehead atoms. The van der Waals surface area contributed by atoms with Crippen LogP contribution in [0.25, 0.3) is 44.4 Å². The van der Waals surface area contributed by atoms with Crippen molar-refractivity contribution in [1.29, 1.82) is 5.26 Å². The molecule has 0 spiro atoms. The molecular weight excluding hydrogens is 763 g/mol. The quantitative estimate of drug-likeness (QED) is 0.107. The number of benzene rings is 3. The van der Waals surface area contributed by atoms with E-state index in [2.05, 4.69) is 91.2 Å². The summed E-state index contributed by atoms with van der Waals surface area (Å²) >= 11 is 0. The fourth-order valence-electron chi connectivity index (χ4n) is 8.24. The van der Waals surface area contributed by atoms with Crippen LogP contribution in [-0.2, 0) is 19.1 Å². The van der Waals surface area contributed by atoms with Gasteiger partial charge in [0.15, 0.2) is 0 Å². The zero-order chi connectivity index (χ0) is 42.7. The minimum Gasteiger partial charge on any atom is -0.453 e. The molecule has 7 rings (SSSR count). The number of aromatic amines is 2. The molecule has 0 aliphatic carbocycles. The molecule has 2 fully saturated rings. The standard InChI is InChI=1S/C45H51N9O6/c1-25(2)38(51-44(57)59-5)42(55)53-17-7-8-36(53)40-47-22-34(49-40)29-11-9-28(10-12-29)30-13-14-32-20-33(16-15-31(32)19-30)35-23-48-41(50-35)37-18-27(21-46)24-54(37)43(56)39(26(3)4)52-45(58)60-6/h9-16,19-20,22-23,25-27,36-39H,7-8,17-18,24H2,1-6H3,(H,47,49)(H,48,50)(H,51,57)(H,52,58)/t27-,36+,37+,38?,39+/m1/s1. The number of aromatic nitrogens is 4. The maximum atomic E-state index is 13.7. The number of H-pyrrole nitrogens is 2. The summed E-state index contributed by atoms with van der Waals surface area (Å²) < 4.78 is 9.52. The van der Waals surface area contributed by atoms with Gasteiger partial charge >= 0.3 is 12.2 Å². The first-order valence-corrected chi connectivity index (χ1v) is 20.3. The van der Waals surface area contributed by atoms with Gasteiger partial charge in [-0.3, -0.25) is 9.59 Å². The number of fused-ring (bicyclic) bond motifs is 1. The molecule has 15 nitrogen and oxygen atoms in total. The van der Waals surface area contributed by atoms with E-state index in [-0.39, 0.29) is 42.2 Å². The number of carbonyl (C=O) groups excluding carboxylic acids is 4. The maximum Gasteiger partial charge on any atom is 0.407 e. The van der Waals surface area contributed by atoms with Crippen molar-refractivity contribution in [3.63, 3.8) is 0 Å². The summed E-state index contributed by atoms with van der Waals surface area (Å²) in [7, 11) is 2.54. The lowest BCUT2D eigenvalue weighted by molar-refractivity contribution is -0.136.